The SMILES string of the molecule is CC(C)=C(/C(=C/N1CCCCC1)[N+](=O)[O-])C(C)(C)C. The van der Waals surface area contributed by atoms with Gasteiger partial charge >= 0.3 is 0 Å². The van der Waals surface area contributed by atoms with Gasteiger partial charge in [0.2, 0.25) is 0 Å². The Balaban J connectivity index is 3.15. The third-order valence-electron chi connectivity index (χ3n) is 3.40. The molecule has 1 saturated heterocycles. The van der Waals surface area contributed by atoms with Crippen LogP contribution in [0.25, 0.3) is 0 Å². The maximum atomic E-state index is 11.4. The van der Waals surface area contributed by atoms with Gasteiger partial charge in [-0.25, -0.2) is 0 Å². The van der Waals surface area contributed by atoms with E-state index in [4.69, 9.17) is 0 Å². The van der Waals surface area contributed by atoms with Crippen LogP contribution in [0.1, 0.15) is 53.9 Å². The molecule has 0 amide bonds. The summed E-state index contributed by atoms with van der Waals surface area (Å²) in [5, 5.41) is 11.4. The quantitative estimate of drug-likeness (QED) is 0.441. The van der Waals surface area contributed by atoms with Crippen LogP contribution >= 0.6 is 0 Å². The molecule has 0 spiro atoms. The van der Waals surface area contributed by atoms with E-state index < -0.39 is 0 Å². The van der Waals surface area contributed by atoms with Crippen molar-refractivity contribution in [3.8, 4) is 0 Å². The normalized spacial score (nSPS) is 17.3. The van der Waals surface area contributed by atoms with Crippen molar-refractivity contribution in [1.82, 2.24) is 4.90 Å². The fourth-order valence-electron chi connectivity index (χ4n) is 2.81. The highest BCUT2D eigenvalue weighted by Gasteiger charge is 2.30. The van der Waals surface area contributed by atoms with Crippen molar-refractivity contribution in [2.24, 2.45) is 5.41 Å². The molecule has 1 aliphatic heterocycles. The second-order valence-corrected chi connectivity index (χ2v) is 6.49. The molecule has 0 N–H and O–H groups in total. The zero-order chi connectivity index (χ0) is 14.6. The van der Waals surface area contributed by atoms with E-state index in [9.17, 15) is 10.1 Å². The monoisotopic (exact) mass is 266 g/mol. The van der Waals surface area contributed by atoms with E-state index in [0.29, 0.717) is 0 Å². The van der Waals surface area contributed by atoms with E-state index in [0.717, 1.165) is 37.1 Å². The first-order chi connectivity index (χ1) is 8.73. The summed E-state index contributed by atoms with van der Waals surface area (Å²) < 4.78 is 0. The van der Waals surface area contributed by atoms with E-state index >= 15 is 0 Å². The summed E-state index contributed by atoms with van der Waals surface area (Å²) >= 11 is 0. The second-order valence-electron chi connectivity index (χ2n) is 6.49. The zero-order valence-electron chi connectivity index (χ0n) is 12.8. The van der Waals surface area contributed by atoms with Crippen molar-refractivity contribution in [3.63, 3.8) is 0 Å². The maximum absolute atomic E-state index is 11.4. The Morgan fingerprint density at radius 2 is 1.68 bits per heavy atom. The number of nitro groups is 1. The van der Waals surface area contributed by atoms with Gasteiger partial charge in [0.05, 0.1) is 11.1 Å². The number of hydrogen-bond donors (Lipinski definition) is 0. The van der Waals surface area contributed by atoms with Crippen LogP contribution in [-0.2, 0) is 0 Å². The van der Waals surface area contributed by atoms with Crippen LogP contribution < -0.4 is 0 Å². The third kappa shape index (κ3) is 4.37. The molecule has 19 heavy (non-hydrogen) atoms. The molecule has 0 bridgehead atoms. The first kappa shape index (κ1) is 15.7. The lowest BCUT2D eigenvalue weighted by Gasteiger charge is -2.27. The highest BCUT2D eigenvalue weighted by molar-refractivity contribution is 5.33. The zero-order valence-corrected chi connectivity index (χ0v) is 12.8. The second kappa shape index (κ2) is 6.22. The van der Waals surface area contributed by atoms with Crippen LogP contribution in [0.2, 0.25) is 0 Å². The number of piperidine rings is 1. The van der Waals surface area contributed by atoms with Gasteiger partial charge in [0.25, 0.3) is 5.70 Å². The topological polar surface area (TPSA) is 46.4 Å². The van der Waals surface area contributed by atoms with Crippen molar-refractivity contribution in [1.29, 1.82) is 0 Å². The molecule has 0 atom stereocenters. The Kier molecular flexibility index (Phi) is 5.15. The summed E-state index contributed by atoms with van der Waals surface area (Å²) in [4.78, 5) is 13.3. The number of allylic oxidation sites excluding steroid dienone is 2. The van der Waals surface area contributed by atoms with Crippen LogP contribution in [0, 0.1) is 15.5 Å². The van der Waals surface area contributed by atoms with Gasteiger partial charge in [-0.1, -0.05) is 26.3 Å². The van der Waals surface area contributed by atoms with Crippen LogP contribution in [0.3, 0.4) is 0 Å². The molecule has 0 aromatic rings. The molecule has 1 heterocycles. The molecule has 0 saturated carbocycles. The molecule has 1 rings (SSSR count). The molecule has 0 aliphatic carbocycles. The lowest BCUT2D eigenvalue weighted by Crippen LogP contribution is -2.27. The standard InChI is InChI=1S/C15H26N2O2/c1-12(2)14(15(3,4)5)13(17(18)19)11-16-9-7-6-8-10-16/h11H,6-10H2,1-5H3/b13-11-. The van der Waals surface area contributed by atoms with Gasteiger partial charge in [0.15, 0.2) is 0 Å². The fourth-order valence-corrected chi connectivity index (χ4v) is 2.81. The average Bonchev–Trinajstić information content (AvgIpc) is 2.27. The number of rotatable bonds is 3. The lowest BCUT2D eigenvalue weighted by atomic mass is 9.82. The third-order valence-corrected chi connectivity index (χ3v) is 3.40. The smallest absolute Gasteiger partial charge is 0.288 e. The van der Waals surface area contributed by atoms with Gasteiger partial charge in [-0.2, -0.15) is 0 Å². The summed E-state index contributed by atoms with van der Waals surface area (Å²) in [6, 6.07) is 0. The number of likely N-dealkylation sites (tertiary alicyclic amines) is 1. The van der Waals surface area contributed by atoms with Crippen LogP contribution in [-0.4, -0.2) is 22.9 Å². The minimum absolute atomic E-state index is 0.215. The van der Waals surface area contributed by atoms with Gasteiger partial charge < -0.3 is 4.90 Å². The van der Waals surface area contributed by atoms with Crippen molar-refractivity contribution < 1.29 is 4.92 Å². The first-order valence-electron chi connectivity index (χ1n) is 7.02. The first-order valence-corrected chi connectivity index (χ1v) is 7.02. The Morgan fingerprint density at radius 1 is 1.16 bits per heavy atom. The number of hydrogen-bond acceptors (Lipinski definition) is 3. The van der Waals surface area contributed by atoms with Crippen molar-refractivity contribution in [2.75, 3.05) is 13.1 Å². The van der Waals surface area contributed by atoms with E-state index in [1.807, 2.05) is 34.6 Å². The molecular formula is C15H26N2O2. The van der Waals surface area contributed by atoms with Crippen molar-refractivity contribution in [3.05, 3.63) is 33.2 Å². The summed E-state index contributed by atoms with van der Waals surface area (Å²) in [5.41, 5.74) is 1.91. The molecule has 1 fully saturated rings. The van der Waals surface area contributed by atoms with Crippen LogP contribution in [0.5, 0.6) is 0 Å². The molecule has 4 heteroatoms. The Morgan fingerprint density at radius 3 is 2.05 bits per heavy atom. The predicted molar refractivity (Wildman–Crippen MR) is 78.3 cm³/mol. The van der Waals surface area contributed by atoms with E-state index in [2.05, 4.69) is 4.90 Å². The maximum Gasteiger partial charge on any atom is 0.288 e. The van der Waals surface area contributed by atoms with E-state index in [1.165, 1.54) is 6.42 Å². The molecule has 108 valence electrons. The van der Waals surface area contributed by atoms with Gasteiger partial charge in [-0.3, -0.25) is 10.1 Å². The van der Waals surface area contributed by atoms with E-state index in [1.54, 1.807) is 6.20 Å². The predicted octanol–water partition coefficient (Wildman–Crippen LogP) is 3.97. The molecule has 0 aromatic heterocycles. The summed E-state index contributed by atoms with van der Waals surface area (Å²) in [6.45, 7) is 11.9. The van der Waals surface area contributed by atoms with Gasteiger partial charge in [-0.15, -0.1) is 0 Å². The molecule has 4 nitrogen and oxygen atoms in total. The molecule has 0 aromatic carbocycles. The molecule has 1 aliphatic rings. The van der Waals surface area contributed by atoms with Gasteiger partial charge in [0.1, 0.15) is 0 Å². The minimum Gasteiger partial charge on any atom is -0.372 e. The van der Waals surface area contributed by atoms with Crippen molar-refractivity contribution >= 4 is 0 Å². The summed E-state index contributed by atoms with van der Waals surface area (Å²) in [6.07, 6.45) is 5.24. The molecular weight excluding hydrogens is 240 g/mol. The lowest BCUT2D eigenvalue weighted by molar-refractivity contribution is -0.423. The number of nitrogens with zero attached hydrogens (tertiary/aromatic N) is 2. The van der Waals surface area contributed by atoms with Crippen LogP contribution in [0.15, 0.2) is 23.0 Å². The highest BCUT2D eigenvalue weighted by Crippen LogP contribution is 2.34. The van der Waals surface area contributed by atoms with Gasteiger partial charge in [-0.05, 0) is 38.5 Å². The Bertz CT molecular complexity index is 393. The summed E-state index contributed by atoms with van der Waals surface area (Å²) in [7, 11) is 0. The fraction of sp³-hybridized carbons (Fsp3) is 0.733. The largest absolute Gasteiger partial charge is 0.372 e. The molecule has 0 radical (unpaired) electrons. The Labute approximate surface area is 116 Å². The van der Waals surface area contributed by atoms with Crippen molar-refractivity contribution in [2.45, 2.75) is 53.9 Å². The summed E-state index contributed by atoms with van der Waals surface area (Å²) in [5.74, 6) is 0. The minimum atomic E-state index is -0.234. The Hall–Kier alpha value is -1.32. The molecule has 0 unspecified atom stereocenters. The van der Waals surface area contributed by atoms with Gasteiger partial charge in [0, 0.05) is 18.7 Å². The van der Waals surface area contributed by atoms with Crippen LogP contribution in [0.4, 0.5) is 0 Å². The van der Waals surface area contributed by atoms with E-state index in [-0.39, 0.29) is 16.0 Å². The average molecular weight is 266 g/mol. The highest BCUT2D eigenvalue weighted by atomic mass is 16.6.